The van der Waals surface area contributed by atoms with E-state index in [4.69, 9.17) is 0 Å². The standard InChI is InChI=1S/C14H25N5O2S/c1-3-5-9-17-14(16-4-2)18-10-11-19-22(20,21)13-7-6-8-15-12-13/h6-8,12,19H,3-5,9-11H2,1-2H3,(H2,16,17,18). The van der Waals surface area contributed by atoms with E-state index in [9.17, 15) is 8.42 Å². The zero-order valence-electron chi connectivity index (χ0n) is 13.2. The lowest BCUT2D eigenvalue weighted by molar-refractivity contribution is 0.580. The molecule has 3 N–H and O–H groups in total. The molecule has 124 valence electrons. The van der Waals surface area contributed by atoms with Gasteiger partial charge in [-0.3, -0.25) is 9.98 Å². The Labute approximate surface area is 132 Å². The highest BCUT2D eigenvalue weighted by Crippen LogP contribution is 2.04. The summed E-state index contributed by atoms with van der Waals surface area (Å²) in [7, 11) is -3.50. The van der Waals surface area contributed by atoms with Gasteiger partial charge in [-0.25, -0.2) is 13.1 Å². The molecule has 0 radical (unpaired) electrons. The molecule has 0 aliphatic rings. The molecule has 0 atom stereocenters. The Hall–Kier alpha value is -1.67. The van der Waals surface area contributed by atoms with Gasteiger partial charge in [-0.1, -0.05) is 13.3 Å². The maximum atomic E-state index is 12.0. The highest BCUT2D eigenvalue weighted by atomic mass is 32.2. The van der Waals surface area contributed by atoms with Crippen LogP contribution < -0.4 is 15.4 Å². The fraction of sp³-hybridized carbons (Fsp3) is 0.571. The van der Waals surface area contributed by atoms with Gasteiger partial charge in [-0.15, -0.1) is 0 Å². The summed E-state index contributed by atoms with van der Waals surface area (Å²) in [4.78, 5) is 8.38. The van der Waals surface area contributed by atoms with Crippen LogP contribution in [0.3, 0.4) is 0 Å². The number of nitrogens with zero attached hydrogens (tertiary/aromatic N) is 2. The lowest BCUT2D eigenvalue weighted by Gasteiger charge is -2.12. The minimum Gasteiger partial charge on any atom is -0.357 e. The van der Waals surface area contributed by atoms with Gasteiger partial charge in [0, 0.05) is 38.6 Å². The van der Waals surface area contributed by atoms with E-state index in [0.717, 1.165) is 25.9 Å². The first-order valence-corrected chi connectivity index (χ1v) is 9.00. The summed E-state index contributed by atoms with van der Waals surface area (Å²) in [6.45, 7) is 6.35. The number of rotatable bonds is 9. The van der Waals surface area contributed by atoms with Crippen LogP contribution in [-0.4, -0.2) is 45.5 Å². The molecule has 0 saturated heterocycles. The number of aliphatic imine (C=N–C) groups is 1. The number of guanidine groups is 1. The van der Waals surface area contributed by atoms with Crippen LogP contribution in [0.25, 0.3) is 0 Å². The van der Waals surface area contributed by atoms with Crippen LogP contribution in [0.4, 0.5) is 0 Å². The molecule has 0 unspecified atom stereocenters. The molecule has 0 amide bonds. The van der Waals surface area contributed by atoms with Crippen molar-refractivity contribution in [2.75, 3.05) is 26.2 Å². The van der Waals surface area contributed by atoms with E-state index in [1.165, 1.54) is 18.5 Å². The molecular formula is C14H25N5O2S. The summed E-state index contributed by atoms with van der Waals surface area (Å²) in [6, 6.07) is 3.11. The second-order valence-electron chi connectivity index (χ2n) is 4.63. The molecule has 22 heavy (non-hydrogen) atoms. The van der Waals surface area contributed by atoms with E-state index < -0.39 is 10.0 Å². The largest absolute Gasteiger partial charge is 0.357 e. The van der Waals surface area contributed by atoms with E-state index >= 15 is 0 Å². The molecule has 1 aromatic heterocycles. The van der Waals surface area contributed by atoms with Gasteiger partial charge in [-0.2, -0.15) is 0 Å². The first-order valence-electron chi connectivity index (χ1n) is 7.52. The molecule has 0 saturated carbocycles. The number of hydrogen-bond acceptors (Lipinski definition) is 4. The van der Waals surface area contributed by atoms with Gasteiger partial charge < -0.3 is 10.6 Å². The van der Waals surface area contributed by atoms with Crippen molar-refractivity contribution in [3.63, 3.8) is 0 Å². The van der Waals surface area contributed by atoms with E-state index in [0.29, 0.717) is 12.5 Å². The van der Waals surface area contributed by atoms with E-state index in [1.54, 1.807) is 6.07 Å². The quantitative estimate of drug-likeness (QED) is 0.353. The van der Waals surface area contributed by atoms with Gasteiger partial charge >= 0.3 is 0 Å². The van der Waals surface area contributed by atoms with Crippen molar-refractivity contribution in [3.8, 4) is 0 Å². The molecule has 8 heteroatoms. The Bertz CT molecular complexity index is 546. The minimum atomic E-state index is -3.50. The summed E-state index contributed by atoms with van der Waals surface area (Å²) in [5.74, 6) is 0.705. The second-order valence-corrected chi connectivity index (χ2v) is 6.39. The summed E-state index contributed by atoms with van der Waals surface area (Å²) in [6.07, 6.45) is 4.99. The molecule has 1 aromatic rings. The molecule has 7 nitrogen and oxygen atoms in total. The number of aromatic nitrogens is 1. The number of sulfonamides is 1. The lowest BCUT2D eigenvalue weighted by atomic mass is 10.3. The molecule has 0 aromatic carbocycles. The molecule has 1 rings (SSSR count). The average Bonchev–Trinajstić information content (AvgIpc) is 2.52. The van der Waals surface area contributed by atoms with Crippen LogP contribution in [-0.2, 0) is 10.0 Å². The molecular weight excluding hydrogens is 302 g/mol. The Morgan fingerprint density at radius 2 is 2.09 bits per heavy atom. The maximum absolute atomic E-state index is 12.0. The minimum absolute atomic E-state index is 0.165. The van der Waals surface area contributed by atoms with Crippen LogP contribution >= 0.6 is 0 Å². The highest BCUT2D eigenvalue weighted by Gasteiger charge is 2.12. The first kappa shape index (κ1) is 18.4. The lowest BCUT2D eigenvalue weighted by Crippen LogP contribution is -2.41. The van der Waals surface area contributed by atoms with E-state index in [-0.39, 0.29) is 11.4 Å². The topological polar surface area (TPSA) is 95.5 Å². The van der Waals surface area contributed by atoms with Crippen molar-refractivity contribution in [3.05, 3.63) is 24.5 Å². The third-order valence-electron chi connectivity index (χ3n) is 2.78. The van der Waals surface area contributed by atoms with Gasteiger partial charge in [0.05, 0.1) is 0 Å². The van der Waals surface area contributed by atoms with E-state index in [1.807, 2.05) is 6.92 Å². The van der Waals surface area contributed by atoms with E-state index in [2.05, 4.69) is 32.3 Å². The van der Waals surface area contributed by atoms with Crippen molar-refractivity contribution >= 4 is 16.0 Å². The predicted octanol–water partition coefficient (Wildman–Crippen LogP) is 0.715. The fourth-order valence-corrected chi connectivity index (χ4v) is 2.64. The zero-order chi connectivity index (χ0) is 16.3. The Balaban J connectivity index is 2.41. The van der Waals surface area contributed by atoms with Crippen molar-refractivity contribution in [2.24, 2.45) is 4.99 Å². The fourth-order valence-electron chi connectivity index (χ4n) is 1.65. The number of unbranched alkanes of at least 4 members (excludes halogenated alkanes) is 1. The molecule has 0 bridgehead atoms. The highest BCUT2D eigenvalue weighted by molar-refractivity contribution is 7.89. The van der Waals surface area contributed by atoms with Crippen LogP contribution in [0, 0.1) is 0 Å². The summed E-state index contributed by atoms with van der Waals surface area (Å²) in [5, 5.41) is 6.22. The van der Waals surface area contributed by atoms with Crippen LogP contribution in [0.2, 0.25) is 0 Å². The predicted molar refractivity (Wildman–Crippen MR) is 88.3 cm³/mol. The van der Waals surface area contributed by atoms with Gasteiger partial charge in [0.25, 0.3) is 0 Å². The van der Waals surface area contributed by atoms with Crippen LogP contribution in [0.1, 0.15) is 26.7 Å². The van der Waals surface area contributed by atoms with Crippen molar-refractivity contribution < 1.29 is 8.42 Å². The average molecular weight is 327 g/mol. The van der Waals surface area contributed by atoms with Crippen LogP contribution in [0.15, 0.2) is 34.4 Å². The third-order valence-corrected chi connectivity index (χ3v) is 4.23. The third kappa shape index (κ3) is 6.86. The summed E-state index contributed by atoms with van der Waals surface area (Å²) in [5.41, 5.74) is 0. The van der Waals surface area contributed by atoms with Crippen molar-refractivity contribution in [1.29, 1.82) is 0 Å². The smallest absolute Gasteiger partial charge is 0.242 e. The molecule has 0 aliphatic heterocycles. The van der Waals surface area contributed by atoms with Crippen molar-refractivity contribution in [2.45, 2.75) is 31.6 Å². The number of pyridine rings is 1. The summed E-state index contributed by atoms with van der Waals surface area (Å²) >= 11 is 0. The van der Waals surface area contributed by atoms with Crippen molar-refractivity contribution in [1.82, 2.24) is 20.3 Å². The zero-order valence-corrected chi connectivity index (χ0v) is 14.0. The first-order chi connectivity index (χ1) is 10.6. The van der Waals surface area contributed by atoms with Gasteiger partial charge in [0.1, 0.15) is 4.90 Å². The molecule has 0 spiro atoms. The Kier molecular flexibility index (Phi) is 8.46. The monoisotopic (exact) mass is 327 g/mol. The Morgan fingerprint density at radius 3 is 2.73 bits per heavy atom. The molecule has 1 heterocycles. The van der Waals surface area contributed by atoms with Gasteiger partial charge in [-0.05, 0) is 25.5 Å². The molecule has 0 aliphatic carbocycles. The maximum Gasteiger partial charge on any atom is 0.242 e. The number of nitrogens with one attached hydrogen (secondary N) is 3. The van der Waals surface area contributed by atoms with Crippen LogP contribution in [0.5, 0.6) is 0 Å². The number of hydrogen-bond donors (Lipinski definition) is 3. The Morgan fingerprint density at radius 1 is 1.27 bits per heavy atom. The normalized spacial score (nSPS) is 12.2. The second kappa shape index (κ2) is 10.1. The van der Waals surface area contributed by atoms with Gasteiger partial charge in [0.15, 0.2) is 5.96 Å². The van der Waals surface area contributed by atoms with Gasteiger partial charge in [0.2, 0.25) is 10.0 Å². The SMILES string of the molecule is CCCCN=C(NCC)NCCNS(=O)(=O)c1cccnc1. The molecule has 0 fully saturated rings. The summed E-state index contributed by atoms with van der Waals surface area (Å²) < 4.78 is 26.5.